The number of nitrogens with zero attached hydrogens (tertiary/aromatic N) is 3. The number of hydrogen-bond donors (Lipinski definition) is 2. The summed E-state index contributed by atoms with van der Waals surface area (Å²) in [5.41, 5.74) is -0.656. The van der Waals surface area contributed by atoms with Gasteiger partial charge in [-0.05, 0) is 64.4 Å². The van der Waals surface area contributed by atoms with Gasteiger partial charge in [-0.25, -0.2) is 0 Å². The lowest BCUT2D eigenvalue weighted by Gasteiger charge is -2.36. The van der Waals surface area contributed by atoms with Crippen molar-refractivity contribution >= 4 is 29.5 Å². The summed E-state index contributed by atoms with van der Waals surface area (Å²) in [4.78, 5) is 42.0. The van der Waals surface area contributed by atoms with Crippen molar-refractivity contribution < 1.29 is 18.8 Å². The molecule has 0 saturated heterocycles. The van der Waals surface area contributed by atoms with E-state index in [0.717, 1.165) is 38.0 Å². The summed E-state index contributed by atoms with van der Waals surface area (Å²) in [5.74, 6) is -0.841. The van der Waals surface area contributed by atoms with Crippen LogP contribution in [0.5, 0.6) is 0 Å². The third-order valence-electron chi connectivity index (χ3n) is 6.49. The van der Waals surface area contributed by atoms with E-state index in [4.69, 9.17) is 4.42 Å². The lowest BCUT2D eigenvalue weighted by Crippen LogP contribution is -2.61. The molecule has 0 spiro atoms. The Morgan fingerprint density at radius 1 is 1.08 bits per heavy atom. The van der Waals surface area contributed by atoms with Crippen molar-refractivity contribution in [1.82, 2.24) is 25.7 Å². The number of rotatable bonds is 12. The van der Waals surface area contributed by atoms with E-state index in [-0.39, 0.29) is 17.7 Å². The molecule has 1 atom stereocenters. The van der Waals surface area contributed by atoms with Crippen LogP contribution in [0.1, 0.15) is 81.0 Å². The summed E-state index contributed by atoms with van der Waals surface area (Å²) in [5, 5.41) is 14.2. The number of hydrogen-bond acceptors (Lipinski definition) is 8. The maximum absolute atomic E-state index is 13.5. The van der Waals surface area contributed by atoms with E-state index in [1.54, 1.807) is 24.3 Å². The Bertz CT molecular complexity index is 1030. The van der Waals surface area contributed by atoms with Crippen LogP contribution in [-0.4, -0.2) is 64.8 Å². The first-order chi connectivity index (χ1) is 17.7. The molecule has 0 bridgehead atoms. The van der Waals surface area contributed by atoms with Gasteiger partial charge in [-0.3, -0.25) is 19.7 Å². The van der Waals surface area contributed by atoms with Gasteiger partial charge in [0.05, 0.1) is 0 Å². The third kappa shape index (κ3) is 8.39. The van der Waals surface area contributed by atoms with Crippen molar-refractivity contribution in [3.05, 3.63) is 41.8 Å². The van der Waals surface area contributed by atoms with E-state index in [0.29, 0.717) is 30.0 Å². The Morgan fingerprint density at radius 3 is 2.43 bits per heavy atom. The number of amides is 3. The van der Waals surface area contributed by atoms with Crippen molar-refractivity contribution in [2.75, 3.05) is 26.4 Å². The summed E-state index contributed by atoms with van der Waals surface area (Å²) in [6.45, 7) is 4.95. The minimum atomic E-state index is -1.13. The molecule has 10 heteroatoms. The first-order valence-corrected chi connectivity index (χ1v) is 14.0. The van der Waals surface area contributed by atoms with Crippen LogP contribution in [0.25, 0.3) is 0 Å². The highest BCUT2D eigenvalue weighted by atomic mass is 32.2. The van der Waals surface area contributed by atoms with Crippen LogP contribution in [-0.2, 0) is 9.59 Å². The number of imide groups is 1. The average Bonchev–Trinajstić information content (AvgIpc) is 3.34. The van der Waals surface area contributed by atoms with E-state index in [2.05, 4.69) is 25.7 Å². The molecule has 1 aliphatic rings. The first-order valence-electron chi connectivity index (χ1n) is 13.0. The van der Waals surface area contributed by atoms with E-state index in [1.807, 2.05) is 34.0 Å². The van der Waals surface area contributed by atoms with Gasteiger partial charge in [-0.2, -0.15) is 0 Å². The van der Waals surface area contributed by atoms with Crippen LogP contribution < -0.4 is 10.6 Å². The highest BCUT2D eigenvalue weighted by Crippen LogP contribution is 2.31. The minimum absolute atomic E-state index is 0.162. The Hall–Kier alpha value is -2.72. The number of carbonyl (C=O) groups is 3. The van der Waals surface area contributed by atoms with Crippen LogP contribution in [0.15, 0.2) is 40.0 Å². The minimum Gasteiger partial charge on any atom is -0.415 e. The molecule has 1 aromatic heterocycles. The molecule has 1 saturated carbocycles. The molecule has 1 fully saturated rings. The van der Waals surface area contributed by atoms with Crippen LogP contribution in [0.4, 0.5) is 0 Å². The number of aromatic nitrogens is 2. The molecule has 1 heterocycles. The fourth-order valence-corrected chi connectivity index (χ4v) is 5.20. The molecule has 2 N–H and O–H groups in total. The molecule has 2 aromatic rings. The molecular weight excluding hydrogens is 490 g/mol. The summed E-state index contributed by atoms with van der Waals surface area (Å²) in [6.07, 6.45) is 4.96. The summed E-state index contributed by atoms with van der Waals surface area (Å²) in [6, 6.07) is 8.81. The predicted molar refractivity (Wildman–Crippen MR) is 143 cm³/mol. The van der Waals surface area contributed by atoms with E-state index in [1.165, 1.54) is 11.8 Å². The lowest BCUT2D eigenvalue weighted by atomic mass is 9.80. The summed E-state index contributed by atoms with van der Waals surface area (Å²) in [7, 11) is 4.05. The standard InChI is InChI=1S/C27H39N5O4S/c1-19(2)18-21(24-30-31-26(36-24)37-17-11-16-32(3)4)23(34)28-25(35)27(14-9-6-10-15-27)29-22(33)20-12-7-5-8-13-20/h5,7-8,12-13,19,21H,6,9-11,14-18H2,1-4H3,(H,29,33)(H,28,34,35). The maximum atomic E-state index is 13.5. The highest BCUT2D eigenvalue weighted by molar-refractivity contribution is 7.99. The smallest absolute Gasteiger partial charge is 0.276 e. The Balaban J connectivity index is 1.71. The van der Waals surface area contributed by atoms with Crippen molar-refractivity contribution in [2.24, 2.45) is 5.92 Å². The monoisotopic (exact) mass is 529 g/mol. The van der Waals surface area contributed by atoms with Gasteiger partial charge >= 0.3 is 0 Å². The van der Waals surface area contributed by atoms with Crippen molar-refractivity contribution in [2.45, 2.75) is 75.5 Å². The Kier molecular flexibility index (Phi) is 10.7. The molecule has 0 aliphatic heterocycles. The SMILES string of the molecule is CC(C)CC(C(=O)NC(=O)C1(NC(=O)c2ccccc2)CCCCC1)c1nnc(SCCCN(C)C)o1. The topological polar surface area (TPSA) is 117 Å². The molecule has 37 heavy (non-hydrogen) atoms. The number of thioether (sulfide) groups is 1. The van der Waals surface area contributed by atoms with Gasteiger partial charge in [-0.1, -0.05) is 63.1 Å². The second-order valence-corrected chi connectivity index (χ2v) is 11.4. The number of benzene rings is 1. The number of carbonyl (C=O) groups excluding carboxylic acids is 3. The largest absolute Gasteiger partial charge is 0.415 e. The molecule has 9 nitrogen and oxygen atoms in total. The van der Waals surface area contributed by atoms with Crippen LogP contribution in [0.3, 0.4) is 0 Å². The van der Waals surface area contributed by atoms with Crippen molar-refractivity contribution in [3.63, 3.8) is 0 Å². The normalized spacial score (nSPS) is 15.9. The molecule has 1 unspecified atom stereocenters. The zero-order chi connectivity index (χ0) is 26.8. The average molecular weight is 530 g/mol. The molecule has 0 radical (unpaired) electrons. The van der Waals surface area contributed by atoms with Crippen LogP contribution in [0.2, 0.25) is 0 Å². The molecule has 1 aliphatic carbocycles. The third-order valence-corrected chi connectivity index (χ3v) is 7.39. The highest BCUT2D eigenvalue weighted by Gasteiger charge is 2.43. The summed E-state index contributed by atoms with van der Waals surface area (Å²) < 4.78 is 5.83. The summed E-state index contributed by atoms with van der Waals surface area (Å²) >= 11 is 1.46. The van der Waals surface area contributed by atoms with E-state index >= 15 is 0 Å². The van der Waals surface area contributed by atoms with Gasteiger partial charge in [0.25, 0.3) is 17.0 Å². The predicted octanol–water partition coefficient (Wildman–Crippen LogP) is 4.02. The van der Waals surface area contributed by atoms with Crippen LogP contribution >= 0.6 is 11.8 Å². The molecule has 202 valence electrons. The lowest BCUT2D eigenvalue weighted by molar-refractivity contribution is -0.136. The van der Waals surface area contributed by atoms with Gasteiger partial charge < -0.3 is 14.6 Å². The quantitative estimate of drug-likeness (QED) is 0.313. The second kappa shape index (κ2) is 13.7. The molecule has 3 amide bonds. The maximum Gasteiger partial charge on any atom is 0.276 e. The molecule has 1 aromatic carbocycles. The Morgan fingerprint density at radius 2 is 1.78 bits per heavy atom. The molecular formula is C27H39N5O4S. The van der Waals surface area contributed by atoms with E-state index < -0.39 is 23.3 Å². The van der Waals surface area contributed by atoms with Gasteiger partial charge in [0.2, 0.25) is 11.8 Å². The second-order valence-electron chi connectivity index (χ2n) is 10.4. The van der Waals surface area contributed by atoms with Crippen molar-refractivity contribution in [1.29, 1.82) is 0 Å². The van der Waals surface area contributed by atoms with Gasteiger partial charge in [0.15, 0.2) is 0 Å². The zero-order valence-electron chi connectivity index (χ0n) is 22.3. The van der Waals surface area contributed by atoms with Gasteiger partial charge in [0, 0.05) is 11.3 Å². The van der Waals surface area contributed by atoms with Crippen LogP contribution in [0, 0.1) is 5.92 Å². The number of nitrogens with one attached hydrogen (secondary N) is 2. The zero-order valence-corrected chi connectivity index (χ0v) is 23.1. The molecule has 3 rings (SSSR count). The fourth-order valence-electron chi connectivity index (χ4n) is 4.51. The van der Waals surface area contributed by atoms with Crippen molar-refractivity contribution in [3.8, 4) is 0 Å². The van der Waals surface area contributed by atoms with Gasteiger partial charge in [0.1, 0.15) is 11.5 Å². The van der Waals surface area contributed by atoms with E-state index in [9.17, 15) is 14.4 Å². The Labute approximate surface area is 223 Å². The fraction of sp³-hybridized carbons (Fsp3) is 0.593. The first kappa shape index (κ1) is 28.8. The van der Waals surface area contributed by atoms with Gasteiger partial charge in [-0.15, -0.1) is 10.2 Å².